The van der Waals surface area contributed by atoms with E-state index in [-0.39, 0.29) is 36.8 Å². The van der Waals surface area contributed by atoms with E-state index in [4.69, 9.17) is 9.47 Å². The van der Waals surface area contributed by atoms with Crippen molar-refractivity contribution in [3.63, 3.8) is 0 Å². The van der Waals surface area contributed by atoms with Crippen LogP contribution in [-0.2, 0) is 19.1 Å². The molecule has 0 aromatic heterocycles. The number of allylic oxidation sites excluding steroid dienone is 4. The molecule has 0 bridgehead atoms. The molecule has 0 spiro atoms. The van der Waals surface area contributed by atoms with Gasteiger partial charge in [0.2, 0.25) is 0 Å². The molecule has 4 nitrogen and oxygen atoms in total. The first-order valence-corrected chi connectivity index (χ1v) is 10.4. The molecular weight excluding hydrogens is 376 g/mol. The molecule has 0 heterocycles. The number of ether oxygens (including phenoxy) is 2. The van der Waals surface area contributed by atoms with Gasteiger partial charge in [0.25, 0.3) is 0 Å². The van der Waals surface area contributed by atoms with Crippen LogP contribution in [0.5, 0.6) is 0 Å². The molecule has 30 heavy (non-hydrogen) atoms. The summed E-state index contributed by atoms with van der Waals surface area (Å²) >= 11 is 0. The third kappa shape index (κ3) is 4.23. The van der Waals surface area contributed by atoms with E-state index in [0.29, 0.717) is 6.42 Å². The number of benzene rings is 2. The van der Waals surface area contributed by atoms with Crippen LogP contribution in [0.15, 0.2) is 72.8 Å². The third-order valence-corrected chi connectivity index (χ3v) is 5.98. The molecular formula is C26H26O4. The second kappa shape index (κ2) is 9.12. The highest BCUT2D eigenvalue weighted by Gasteiger charge is 2.30. The van der Waals surface area contributed by atoms with E-state index in [1.54, 1.807) is 0 Å². The Balaban J connectivity index is 1.42. The minimum Gasteiger partial charge on any atom is -0.469 e. The van der Waals surface area contributed by atoms with Gasteiger partial charge >= 0.3 is 11.9 Å². The number of carbonyl (C=O) groups excluding carboxylic acids is 2. The van der Waals surface area contributed by atoms with Gasteiger partial charge in [-0.15, -0.1) is 0 Å². The molecule has 2 aliphatic carbocycles. The van der Waals surface area contributed by atoms with Crippen molar-refractivity contribution >= 4 is 11.9 Å². The van der Waals surface area contributed by atoms with E-state index >= 15 is 0 Å². The Labute approximate surface area is 177 Å². The molecule has 2 aromatic carbocycles. The molecule has 0 aliphatic heterocycles. The monoisotopic (exact) mass is 402 g/mol. The summed E-state index contributed by atoms with van der Waals surface area (Å²) in [7, 11) is 1.36. The fraction of sp³-hybridized carbons (Fsp3) is 0.308. The number of methoxy groups -OCH3 is 1. The van der Waals surface area contributed by atoms with Crippen molar-refractivity contribution in [2.45, 2.75) is 25.2 Å². The Morgan fingerprint density at radius 3 is 2.27 bits per heavy atom. The largest absolute Gasteiger partial charge is 0.469 e. The van der Waals surface area contributed by atoms with Crippen LogP contribution in [0, 0.1) is 11.8 Å². The summed E-state index contributed by atoms with van der Waals surface area (Å²) in [5.41, 5.74) is 4.74. The highest BCUT2D eigenvalue weighted by molar-refractivity contribution is 5.81. The van der Waals surface area contributed by atoms with Gasteiger partial charge in [0.15, 0.2) is 0 Å². The Morgan fingerprint density at radius 2 is 1.67 bits per heavy atom. The number of fused-ring (bicyclic) bond motifs is 3. The van der Waals surface area contributed by atoms with E-state index in [1.807, 2.05) is 36.4 Å². The summed E-state index contributed by atoms with van der Waals surface area (Å²) in [6.07, 6.45) is 9.62. The number of carbonyl (C=O) groups is 2. The van der Waals surface area contributed by atoms with Crippen LogP contribution in [0.1, 0.15) is 36.3 Å². The summed E-state index contributed by atoms with van der Waals surface area (Å²) in [5, 5.41) is 0. The van der Waals surface area contributed by atoms with E-state index < -0.39 is 5.92 Å². The molecule has 0 amide bonds. The van der Waals surface area contributed by atoms with Crippen molar-refractivity contribution in [1.82, 2.24) is 0 Å². The molecule has 0 saturated heterocycles. The fourth-order valence-electron chi connectivity index (χ4n) is 4.48. The van der Waals surface area contributed by atoms with Crippen LogP contribution in [0.4, 0.5) is 0 Å². The SMILES string of the molecule is COC(=O)[C@@H](CC(=O)OCC1c2ccccc2-c2ccccc21)CC1C=CC=CC1. The molecule has 0 saturated carbocycles. The lowest BCUT2D eigenvalue weighted by Crippen LogP contribution is -2.24. The van der Waals surface area contributed by atoms with Gasteiger partial charge in [0, 0.05) is 5.92 Å². The quantitative estimate of drug-likeness (QED) is 0.609. The topological polar surface area (TPSA) is 52.6 Å². The van der Waals surface area contributed by atoms with Gasteiger partial charge in [-0.2, -0.15) is 0 Å². The maximum Gasteiger partial charge on any atom is 0.309 e. The second-order valence-corrected chi connectivity index (χ2v) is 7.88. The van der Waals surface area contributed by atoms with E-state index in [0.717, 1.165) is 6.42 Å². The highest BCUT2D eigenvalue weighted by Crippen LogP contribution is 2.44. The molecule has 0 fully saturated rings. The summed E-state index contributed by atoms with van der Waals surface area (Å²) in [5.74, 6) is -0.953. The zero-order valence-electron chi connectivity index (χ0n) is 17.1. The second-order valence-electron chi connectivity index (χ2n) is 7.88. The predicted octanol–water partition coefficient (Wildman–Crippen LogP) is 5.04. The normalized spacial score (nSPS) is 17.8. The molecule has 2 aliphatic rings. The lowest BCUT2D eigenvalue weighted by molar-refractivity contribution is -0.154. The van der Waals surface area contributed by atoms with Crippen LogP contribution in [0.2, 0.25) is 0 Å². The smallest absolute Gasteiger partial charge is 0.309 e. The highest BCUT2D eigenvalue weighted by atomic mass is 16.5. The fourth-order valence-corrected chi connectivity index (χ4v) is 4.48. The van der Waals surface area contributed by atoms with Crippen LogP contribution in [0.25, 0.3) is 11.1 Å². The Hall–Kier alpha value is -3.14. The standard InChI is InChI=1S/C26H26O4/c1-29-26(28)19(15-18-9-3-2-4-10-18)16-25(27)30-17-24-22-13-7-5-11-20(22)21-12-6-8-14-23(21)24/h2-9,11-14,18-19,24H,10,15-17H2,1H3/t18?,19-/m1/s1. The zero-order valence-corrected chi connectivity index (χ0v) is 17.1. The zero-order chi connectivity index (χ0) is 20.9. The number of esters is 2. The maximum atomic E-state index is 12.6. The molecule has 2 aromatic rings. The van der Waals surface area contributed by atoms with E-state index in [9.17, 15) is 9.59 Å². The summed E-state index contributed by atoms with van der Waals surface area (Å²) in [4.78, 5) is 24.9. The molecule has 154 valence electrons. The minimum atomic E-state index is -0.494. The first kappa shape index (κ1) is 20.1. The summed E-state index contributed by atoms with van der Waals surface area (Å²) < 4.78 is 10.6. The average Bonchev–Trinajstić information content (AvgIpc) is 3.11. The van der Waals surface area contributed by atoms with E-state index in [1.165, 1.54) is 29.4 Å². The average molecular weight is 402 g/mol. The molecule has 4 heteroatoms. The number of rotatable bonds is 7. The Kier molecular flexibility index (Phi) is 6.12. The van der Waals surface area contributed by atoms with Gasteiger partial charge in [-0.05, 0) is 41.0 Å². The summed E-state index contributed by atoms with van der Waals surface area (Å²) in [6, 6.07) is 16.5. The third-order valence-electron chi connectivity index (χ3n) is 5.98. The van der Waals surface area contributed by atoms with Gasteiger partial charge in [0.1, 0.15) is 6.61 Å². The van der Waals surface area contributed by atoms with Gasteiger partial charge in [-0.1, -0.05) is 72.8 Å². The van der Waals surface area contributed by atoms with Crippen LogP contribution >= 0.6 is 0 Å². The summed E-state index contributed by atoms with van der Waals surface area (Å²) in [6.45, 7) is 0.271. The number of hydrogen-bond donors (Lipinski definition) is 0. The van der Waals surface area contributed by atoms with Crippen LogP contribution < -0.4 is 0 Å². The van der Waals surface area contributed by atoms with E-state index in [2.05, 4.69) is 36.4 Å². The van der Waals surface area contributed by atoms with Crippen molar-refractivity contribution < 1.29 is 19.1 Å². The molecule has 1 unspecified atom stereocenters. The molecule has 2 atom stereocenters. The first-order chi connectivity index (χ1) is 14.7. The Bertz CT molecular complexity index is 943. The lowest BCUT2D eigenvalue weighted by atomic mass is 9.88. The van der Waals surface area contributed by atoms with Crippen molar-refractivity contribution in [3.8, 4) is 11.1 Å². The number of hydrogen-bond acceptors (Lipinski definition) is 4. The molecule has 0 N–H and O–H groups in total. The van der Waals surface area contributed by atoms with Crippen molar-refractivity contribution in [2.75, 3.05) is 13.7 Å². The molecule has 4 rings (SSSR count). The minimum absolute atomic E-state index is 0.0179. The molecule has 0 radical (unpaired) electrons. The first-order valence-electron chi connectivity index (χ1n) is 10.4. The predicted molar refractivity (Wildman–Crippen MR) is 116 cm³/mol. The van der Waals surface area contributed by atoms with Gasteiger partial charge in [-0.25, -0.2) is 0 Å². The van der Waals surface area contributed by atoms with Crippen molar-refractivity contribution in [2.24, 2.45) is 11.8 Å². The van der Waals surface area contributed by atoms with Gasteiger partial charge in [0.05, 0.1) is 19.4 Å². The van der Waals surface area contributed by atoms with Gasteiger partial charge in [-0.3, -0.25) is 9.59 Å². The van der Waals surface area contributed by atoms with Crippen LogP contribution in [-0.4, -0.2) is 25.7 Å². The van der Waals surface area contributed by atoms with Crippen molar-refractivity contribution in [3.05, 3.63) is 84.0 Å². The lowest BCUT2D eigenvalue weighted by Gasteiger charge is -2.20. The maximum absolute atomic E-state index is 12.6. The van der Waals surface area contributed by atoms with Crippen molar-refractivity contribution in [1.29, 1.82) is 0 Å². The van der Waals surface area contributed by atoms with Gasteiger partial charge < -0.3 is 9.47 Å². The Morgan fingerprint density at radius 1 is 1.00 bits per heavy atom. The van der Waals surface area contributed by atoms with Crippen LogP contribution in [0.3, 0.4) is 0 Å².